The van der Waals surface area contributed by atoms with E-state index in [4.69, 9.17) is 4.74 Å². The first-order valence-electron chi connectivity index (χ1n) is 12.3. The van der Waals surface area contributed by atoms with Crippen LogP contribution in [0.5, 0.6) is 0 Å². The van der Waals surface area contributed by atoms with Crippen molar-refractivity contribution in [2.24, 2.45) is 23.2 Å². The molecule has 5 fully saturated rings. The summed E-state index contributed by atoms with van der Waals surface area (Å²) >= 11 is 0. The number of sulfonamides is 1. The van der Waals surface area contributed by atoms with Crippen molar-refractivity contribution in [3.05, 3.63) is 40.2 Å². The largest absolute Gasteiger partial charge is 0.379 e. The number of nitrogens with zero attached hydrogens (tertiary/aromatic N) is 1. The predicted octanol–water partition coefficient (Wildman–Crippen LogP) is 2.50. The van der Waals surface area contributed by atoms with E-state index in [1.807, 2.05) is 0 Å². The zero-order valence-corrected chi connectivity index (χ0v) is 20.0. The second kappa shape index (κ2) is 8.17. The number of H-pyrrole nitrogens is 1. The first kappa shape index (κ1) is 22.2. The van der Waals surface area contributed by atoms with Crippen molar-refractivity contribution in [3.63, 3.8) is 0 Å². The van der Waals surface area contributed by atoms with E-state index in [1.165, 1.54) is 61.0 Å². The molecule has 0 unspecified atom stereocenters. The molecule has 5 aliphatic rings. The van der Waals surface area contributed by atoms with Crippen molar-refractivity contribution in [2.45, 2.75) is 43.4 Å². The number of rotatable bonds is 5. The Morgan fingerprint density at radius 2 is 1.71 bits per heavy atom. The number of benzene rings is 1. The van der Waals surface area contributed by atoms with Gasteiger partial charge >= 0.3 is 0 Å². The molecule has 4 bridgehead atoms. The molecule has 182 valence electrons. The van der Waals surface area contributed by atoms with E-state index in [-0.39, 0.29) is 27.3 Å². The minimum absolute atomic E-state index is 0.115. The number of aromatic nitrogens is 1. The van der Waals surface area contributed by atoms with Crippen LogP contribution in [0.4, 0.5) is 0 Å². The van der Waals surface area contributed by atoms with Crippen LogP contribution in [0.2, 0.25) is 0 Å². The summed E-state index contributed by atoms with van der Waals surface area (Å²) in [5.74, 6) is 2.05. The van der Waals surface area contributed by atoms with E-state index in [2.05, 4.69) is 10.3 Å². The molecule has 34 heavy (non-hydrogen) atoms. The molecule has 2 aromatic rings. The number of nitrogens with one attached hydrogen (secondary N) is 2. The molecule has 4 saturated carbocycles. The number of carbonyl (C=O) groups excluding carboxylic acids is 1. The van der Waals surface area contributed by atoms with Crippen LogP contribution in [-0.2, 0) is 14.8 Å². The second-order valence-corrected chi connectivity index (χ2v) is 12.8. The number of pyridine rings is 1. The summed E-state index contributed by atoms with van der Waals surface area (Å²) < 4.78 is 33.0. The Labute approximate surface area is 199 Å². The molecule has 7 rings (SSSR count). The van der Waals surface area contributed by atoms with Crippen LogP contribution in [0.3, 0.4) is 0 Å². The lowest BCUT2D eigenvalue weighted by atomic mass is 9.49. The van der Waals surface area contributed by atoms with Gasteiger partial charge in [0.25, 0.3) is 5.91 Å². The lowest BCUT2D eigenvalue weighted by Crippen LogP contribution is -2.51. The van der Waals surface area contributed by atoms with Crippen molar-refractivity contribution in [1.29, 1.82) is 0 Å². The number of ether oxygens (including phenoxy) is 1. The average molecular weight is 486 g/mol. The van der Waals surface area contributed by atoms with Gasteiger partial charge in [-0.3, -0.25) is 9.59 Å². The van der Waals surface area contributed by atoms with E-state index in [1.54, 1.807) is 6.07 Å². The van der Waals surface area contributed by atoms with Gasteiger partial charge < -0.3 is 15.0 Å². The number of carbonyl (C=O) groups is 1. The summed E-state index contributed by atoms with van der Waals surface area (Å²) in [6.45, 7) is 1.93. The van der Waals surface area contributed by atoms with Gasteiger partial charge in [0.1, 0.15) is 0 Å². The molecule has 2 N–H and O–H groups in total. The van der Waals surface area contributed by atoms with Gasteiger partial charge in [0.2, 0.25) is 15.6 Å². The first-order valence-corrected chi connectivity index (χ1v) is 13.8. The van der Waals surface area contributed by atoms with E-state index < -0.39 is 10.0 Å². The Hall–Kier alpha value is -2.23. The van der Waals surface area contributed by atoms with Crippen molar-refractivity contribution in [3.8, 4) is 0 Å². The fourth-order valence-corrected chi connectivity index (χ4v) is 8.82. The maximum atomic E-state index is 13.3. The Morgan fingerprint density at radius 3 is 2.35 bits per heavy atom. The molecule has 0 atom stereocenters. The molecular weight excluding hydrogens is 454 g/mol. The highest BCUT2D eigenvalue weighted by atomic mass is 32.2. The second-order valence-electron chi connectivity index (χ2n) is 10.9. The molecule has 1 aromatic heterocycles. The van der Waals surface area contributed by atoms with Crippen molar-refractivity contribution >= 4 is 26.8 Å². The predicted molar refractivity (Wildman–Crippen MR) is 127 cm³/mol. The van der Waals surface area contributed by atoms with Crippen molar-refractivity contribution < 1.29 is 17.9 Å². The molecule has 0 spiro atoms. The molecule has 1 aromatic carbocycles. The quantitative estimate of drug-likeness (QED) is 0.677. The number of fused-ring (bicyclic) bond motifs is 1. The molecular formula is C25H31N3O5S. The van der Waals surface area contributed by atoms with Crippen molar-refractivity contribution in [2.75, 3.05) is 32.8 Å². The summed E-state index contributed by atoms with van der Waals surface area (Å²) in [5, 5.41) is 3.57. The molecule has 8 nitrogen and oxygen atoms in total. The molecule has 0 radical (unpaired) electrons. The number of hydrogen-bond acceptors (Lipinski definition) is 5. The minimum atomic E-state index is -3.72. The molecule has 9 heteroatoms. The van der Waals surface area contributed by atoms with Crippen LogP contribution < -0.4 is 10.9 Å². The average Bonchev–Trinajstić information content (AvgIpc) is 2.81. The van der Waals surface area contributed by atoms with Gasteiger partial charge in [0, 0.05) is 36.6 Å². The number of amides is 1. The van der Waals surface area contributed by atoms with E-state index in [0.29, 0.717) is 43.8 Å². The lowest BCUT2D eigenvalue weighted by Gasteiger charge is -2.56. The van der Waals surface area contributed by atoms with E-state index in [0.717, 1.165) is 17.8 Å². The van der Waals surface area contributed by atoms with E-state index in [9.17, 15) is 18.0 Å². The Morgan fingerprint density at radius 1 is 1.06 bits per heavy atom. The minimum Gasteiger partial charge on any atom is -0.379 e. The summed E-state index contributed by atoms with van der Waals surface area (Å²) in [6.07, 6.45) is 7.55. The molecule has 1 saturated heterocycles. The molecule has 2 heterocycles. The zero-order valence-electron chi connectivity index (χ0n) is 19.2. The van der Waals surface area contributed by atoms with Gasteiger partial charge in [-0.05, 0) is 79.9 Å². The fraction of sp³-hybridized carbons (Fsp3) is 0.600. The smallest absolute Gasteiger partial charge is 0.252 e. The normalized spacial score (nSPS) is 31.1. The zero-order chi connectivity index (χ0) is 23.5. The highest BCUT2D eigenvalue weighted by Gasteiger charge is 2.50. The maximum Gasteiger partial charge on any atom is 0.252 e. The molecule has 4 aliphatic carbocycles. The number of morpholine rings is 1. The third-order valence-electron chi connectivity index (χ3n) is 8.46. The van der Waals surface area contributed by atoms with Crippen LogP contribution in [0.15, 0.2) is 34.0 Å². The molecule has 1 aliphatic heterocycles. The van der Waals surface area contributed by atoms with Crippen LogP contribution in [0, 0.1) is 23.2 Å². The van der Waals surface area contributed by atoms with Crippen LogP contribution in [0.1, 0.15) is 48.9 Å². The van der Waals surface area contributed by atoms with Gasteiger partial charge in [-0.15, -0.1) is 0 Å². The maximum absolute atomic E-state index is 13.3. The lowest BCUT2D eigenvalue weighted by molar-refractivity contribution is -0.0503. The highest BCUT2D eigenvalue weighted by molar-refractivity contribution is 7.89. The Bertz CT molecular complexity index is 1260. The van der Waals surface area contributed by atoms with Gasteiger partial charge in [-0.1, -0.05) is 0 Å². The third kappa shape index (κ3) is 3.87. The van der Waals surface area contributed by atoms with Crippen molar-refractivity contribution in [1.82, 2.24) is 14.6 Å². The topological polar surface area (TPSA) is 109 Å². The number of aromatic amines is 1. The summed E-state index contributed by atoms with van der Waals surface area (Å²) in [4.78, 5) is 28.5. The van der Waals surface area contributed by atoms with Crippen LogP contribution in [0.25, 0.3) is 10.9 Å². The number of hydrogen-bond donors (Lipinski definition) is 2. The standard InChI is InChI=1S/C25H31N3O5S/c29-23-11-21(24(30)26-15-25-12-16-7-17(13-25)9-18(8-16)14-25)20-10-19(1-2-22(20)27-23)34(31,32)28-3-5-33-6-4-28/h1-2,10-11,16-18H,3-9,12-15H2,(H,26,30)(H,27,29). The summed E-state index contributed by atoms with van der Waals surface area (Å²) in [6, 6.07) is 5.85. The monoisotopic (exact) mass is 485 g/mol. The first-order chi connectivity index (χ1) is 16.3. The SMILES string of the molecule is O=C(NCC12CC3CC(CC(C3)C1)C2)c1cc(=O)[nH]c2ccc(S(=O)(=O)N3CCOCC3)cc12. The fourth-order valence-electron chi connectivity index (χ4n) is 7.39. The van der Waals surface area contributed by atoms with Crippen LogP contribution in [-0.4, -0.2) is 56.5 Å². The molecule has 1 amide bonds. The van der Waals surface area contributed by atoms with E-state index >= 15 is 0 Å². The Kier molecular flexibility index (Phi) is 5.35. The van der Waals surface area contributed by atoms with Gasteiger partial charge in [0.05, 0.1) is 23.7 Å². The van der Waals surface area contributed by atoms with Gasteiger partial charge in [-0.25, -0.2) is 8.42 Å². The van der Waals surface area contributed by atoms with Crippen LogP contribution >= 0.6 is 0 Å². The Balaban J connectivity index is 1.29. The van der Waals surface area contributed by atoms with Gasteiger partial charge in [-0.2, -0.15) is 4.31 Å². The van der Waals surface area contributed by atoms with Gasteiger partial charge in [0.15, 0.2) is 0 Å². The third-order valence-corrected chi connectivity index (χ3v) is 10.4. The summed E-state index contributed by atoms with van der Waals surface area (Å²) in [5.41, 5.74) is 0.471. The summed E-state index contributed by atoms with van der Waals surface area (Å²) in [7, 11) is -3.72. The highest BCUT2D eigenvalue weighted by Crippen LogP contribution is 2.59.